The first-order chi connectivity index (χ1) is 13.8. The van der Waals surface area contributed by atoms with Gasteiger partial charge >= 0.3 is 0 Å². The van der Waals surface area contributed by atoms with Gasteiger partial charge in [-0.25, -0.2) is 9.97 Å². The third-order valence-electron chi connectivity index (χ3n) is 6.85. The minimum Gasteiger partial charge on any atom is -0.390 e. The summed E-state index contributed by atoms with van der Waals surface area (Å²) in [6, 6.07) is 2.12. The number of nitrogens with two attached hydrogens (primary N) is 2. The highest BCUT2D eigenvalue weighted by atomic mass is 16.3. The van der Waals surface area contributed by atoms with Crippen molar-refractivity contribution in [3.63, 3.8) is 0 Å². The Kier molecular flexibility index (Phi) is 5.46. The molecule has 4 rings (SSSR count). The topological polar surface area (TPSA) is 150 Å². The third kappa shape index (κ3) is 3.82. The fourth-order valence-electron chi connectivity index (χ4n) is 4.99. The monoisotopic (exact) mass is 401 g/mol. The molecule has 0 amide bonds. The Morgan fingerprint density at radius 1 is 1.28 bits per heavy atom. The van der Waals surface area contributed by atoms with Crippen LogP contribution in [0.3, 0.4) is 0 Å². The van der Waals surface area contributed by atoms with Crippen LogP contribution in [0, 0.1) is 17.2 Å². The molecule has 29 heavy (non-hydrogen) atoms. The number of aliphatic hydroxyl groups excluding tert-OH is 2. The van der Waals surface area contributed by atoms with E-state index in [0.29, 0.717) is 36.3 Å². The number of aliphatic hydroxyl groups is 2. The van der Waals surface area contributed by atoms with Crippen molar-refractivity contribution in [1.82, 2.24) is 19.4 Å². The number of amidine groups is 1. The van der Waals surface area contributed by atoms with Crippen LogP contribution in [-0.2, 0) is 0 Å². The first kappa shape index (κ1) is 20.1. The molecule has 2 fully saturated rings. The quantitative estimate of drug-likeness (QED) is 0.339. The van der Waals surface area contributed by atoms with E-state index in [2.05, 4.69) is 21.9 Å². The van der Waals surface area contributed by atoms with E-state index >= 15 is 0 Å². The van der Waals surface area contributed by atoms with Crippen LogP contribution in [0.2, 0.25) is 0 Å². The Morgan fingerprint density at radius 2 is 2.03 bits per heavy atom. The Balaban J connectivity index is 1.38. The summed E-state index contributed by atoms with van der Waals surface area (Å²) in [5, 5.41) is 29.5. The number of hydrogen-bond acceptors (Lipinski definition) is 7. The average molecular weight is 402 g/mol. The van der Waals surface area contributed by atoms with Crippen molar-refractivity contribution in [2.24, 2.45) is 17.6 Å². The summed E-state index contributed by atoms with van der Waals surface area (Å²) in [7, 11) is 2.09. The van der Waals surface area contributed by atoms with Crippen LogP contribution in [0.4, 0.5) is 5.82 Å². The van der Waals surface area contributed by atoms with Crippen molar-refractivity contribution in [3.8, 4) is 0 Å². The summed E-state index contributed by atoms with van der Waals surface area (Å²) in [5.41, 5.74) is 12.1. The van der Waals surface area contributed by atoms with Crippen LogP contribution in [0.25, 0.3) is 11.0 Å². The molecule has 9 nitrogen and oxygen atoms in total. The molecule has 0 radical (unpaired) electrons. The highest BCUT2D eigenvalue weighted by Crippen LogP contribution is 2.40. The van der Waals surface area contributed by atoms with Gasteiger partial charge in [-0.05, 0) is 44.7 Å². The van der Waals surface area contributed by atoms with Crippen LogP contribution in [0.1, 0.15) is 38.1 Å². The molecule has 0 unspecified atom stereocenters. The molecule has 2 aromatic heterocycles. The lowest BCUT2D eigenvalue weighted by molar-refractivity contribution is -0.00650. The molecule has 2 aliphatic carbocycles. The van der Waals surface area contributed by atoms with E-state index in [9.17, 15) is 10.2 Å². The molecule has 4 atom stereocenters. The number of rotatable bonds is 7. The number of fused-ring (bicyclic) bond motifs is 1. The lowest BCUT2D eigenvalue weighted by atomic mass is 9.76. The first-order valence-electron chi connectivity index (χ1n) is 10.3. The second kappa shape index (κ2) is 7.89. The SMILES string of the molecule is CN(C[C@H]1C[C@@H](n2ccc3c(N)ncnc32)[C@H](O)[C@@H]1O)[C@H]1C[C@H](CCC(=N)N)C1. The van der Waals surface area contributed by atoms with E-state index in [0.717, 1.165) is 31.2 Å². The molecule has 2 aromatic rings. The van der Waals surface area contributed by atoms with Gasteiger partial charge in [0, 0.05) is 31.1 Å². The minimum absolute atomic E-state index is 0.00657. The molecule has 0 bridgehead atoms. The molecular weight excluding hydrogens is 370 g/mol. The van der Waals surface area contributed by atoms with Gasteiger partial charge in [-0.15, -0.1) is 0 Å². The maximum atomic E-state index is 10.7. The summed E-state index contributed by atoms with van der Waals surface area (Å²) >= 11 is 0. The molecule has 0 spiro atoms. The molecular formula is C20H31N7O2. The van der Waals surface area contributed by atoms with Crippen molar-refractivity contribution in [1.29, 1.82) is 5.41 Å². The van der Waals surface area contributed by atoms with Crippen LogP contribution < -0.4 is 11.5 Å². The molecule has 2 heterocycles. The van der Waals surface area contributed by atoms with Gasteiger partial charge in [-0.2, -0.15) is 0 Å². The van der Waals surface area contributed by atoms with Gasteiger partial charge in [0.05, 0.1) is 23.4 Å². The highest BCUT2D eigenvalue weighted by molar-refractivity contribution is 5.86. The summed E-state index contributed by atoms with van der Waals surface area (Å²) in [6.07, 6.45) is 6.24. The Labute approximate surface area is 170 Å². The van der Waals surface area contributed by atoms with Crippen LogP contribution in [0.5, 0.6) is 0 Å². The van der Waals surface area contributed by atoms with E-state index in [1.54, 1.807) is 0 Å². The minimum atomic E-state index is -0.843. The van der Waals surface area contributed by atoms with Crippen LogP contribution in [-0.4, -0.2) is 67.3 Å². The van der Waals surface area contributed by atoms with Crippen molar-refractivity contribution in [2.75, 3.05) is 19.3 Å². The van der Waals surface area contributed by atoms with Gasteiger partial charge in [0.1, 0.15) is 23.9 Å². The zero-order chi connectivity index (χ0) is 20.7. The van der Waals surface area contributed by atoms with Crippen molar-refractivity contribution in [3.05, 3.63) is 18.6 Å². The molecule has 2 saturated carbocycles. The number of aromatic nitrogens is 3. The summed E-state index contributed by atoms with van der Waals surface area (Å²) in [6.45, 7) is 0.745. The van der Waals surface area contributed by atoms with E-state index in [4.69, 9.17) is 16.9 Å². The van der Waals surface area contributed by atoms with Gasteiger partial charge < -0.3 is 31.1 Å². The fraction of sp³-hybridized carbons (Fsp3) is 0.650. The standard InChI is InChI=1S/C20H31N7O2/c1-26(13-6-11(7-13)2-3-16(21)22)9-12-8-15(18(29)17(12)28)27-5-4-14-19(23)24-10-25-20(14)27/h4-5,10-13,15,17-18,28-29H,2-3,6-9H2,1H3,(H3,21,22)(H2,23,24,25)/t11-,12-,13-,15-,17-,18+/m1/s1. The number of nitrogens with one attached hydrogen (secondary N) is 1. The average Bonchev–Trinajstić information content (AvgIpc) is 3.17. The van der Waals surface area contributed by atoms with E-state index in [1.807, 2.05) is 16.8 Å². The van der Waals surface area contributed by atoms with Gasteiger partial charge in [0.15, 0.2) is 0 Å². The Morgan fingerprint density at radius 3 is 2.76 bits per heavy atom. The molecule has 0 aromatic carbocycles. The van der Waals surface area contributed by atoms with Crippen LogP contribution >= 0.6 is 0 Å². The molecule has 7 N–H and O–H groups in total. The maximum absolute atomic E-state index is 10.7. The number of nitrogens with zero attached hydrogens (tertiary/aromatic N) is 4. The summed E-state index contributed by atoms with van der Waals surface area (Å²) < 4.78 is 1.92. The smallest absolute Gasteiger partial charge is 0.145 e. The predicted octanol–water partition coefficient (Wildman–Crippen LogP) is 0.723. The van der Waals surface area contributed by atoms with Crippen molar-refractivity contribution >= 4 is 22.7 Å². The van der Waals surface area contributed by atoms with Crippen molar-refractivity contribution in [2.45, 2.75) is 56.4 Å². The maximum Gasteiger partial charge on any atom is 0.145 e. The lowest BCUT2D eigenvalue weighted by Gasteiger charge is -2.42. The highest BCUT2D eigenvalue weighted by Gasteiger charge is 2.44. The van der Waals surface area contributed by atoms with E-state index < -0.39 is 12.2 Å². The van der Waals surface area contributed by atoms with E-state index in [-0.39, 0.29) is 17.8 Å². The molecule has 158 valence electrons. The second-order valence-electron chi connectivity index (χ2n) is 8.76. The molecule has 9 heteroatoms. The summed E-state index contributed by atoms with van der Waals surface area (Å²) in [5.74, 6) is 1.31. The molecule has 0 aliphatic heterocycles. The molecule has 2 aliphatic rings. The lowest BCUT2D eigenvalue weighted by Crippen LogP contribution is -2.46. The fourth-order valence-corrected chi connectivity index (χ4v) is 4.99. The molecule has 0 saturated heterocycles. The van der Waals surface area contributed by atoms with Gasteiger partial charge in [-0.1, -0.05) is 0 Å². The first-order valence-corrected chi connectivity index (χ1v) is 10.3. The Bertz CT molecular complexity index is 879. The number of hydrogen-bond donors (Lipinski definition) is 5. The van der Waals surface area contributed by atoms with Crippen LogP contribution in [0.15, 0.2) is 18.6 Å². The van der Waals surface area contributed by atoms with Crippen molar-refractivity contribution < 1.29 is 10.2 Å². The summed E-state index contributed by atoms with van der Waals surface area (Å²) in [4.78, 5) is 10.6. The predicted molar refractivity (Wildman–Crippen MR) is 111 cm³/mol. The van der Waals surface area contributed by atoms with Gasteiger partial charge in [-0.3, -0.25) is 5.41 Å². The largest absolute Gasteiger partial charge is 0.390 e. The Hall–Kier alpha value is -2.23. The number of anilines is 1. The number of nitrogen functional groups attached to an aromatic ring is 1. The zero-order valence-corrected chi connectivity index (χ0v) is 16.8. The van der Waals surface area contributed by atoms with Gasteiger partial charge in [0.25, 0.3) is 0 Å². The normalized spacial score (nSPS) is 32.0. The zero-order valence-electron chi connectivity index (χ0n) is 16.8. The van der Waals surface area contributed by atoms with Gasteiger partial charge in [0.2, 0.25) is 0 Å². The van der Waals surface area contributed by atoms with E-state index in [1.165, 1.54) is 6.33 Å². The third-order valence-corrected chi connectivity index (χ3v) is 6.85. The second-order valence-corrected chi connectivity index (χ2v) is 8.76.